The van der Waals surface area contributed by atoms with Gasteiger partial charge in [0.1, 0.15) is 5.82 Å². The van der Waals surface area contributed by atoms with Gasteiger partial charge >= 0.3 is 0 Å². The highest BCUT2D eigenvalue weighted by molar-refractivity contribution is 5.82. The molecule has 3 rings (SSSR count). The average molecular weight is 334 g/mol. The van der Waals surface area contributed by atoms with Gasteiger partial charge in [0.05, 0.1) is 23.3 Å². The first kappa shape index (κ1) is 17.0. The molecule has 0 saturated heterocycles. The number of pyridine rings is 2. The lowest BCUT2D eigenvalue weighted by Crippen LogP contribution is -2.11. The van der Waals surface area contributed by atoms with Crippen LogP contribution in [0, 0.1) is 0 Å². The first-order chi connectivity index (χ1) is 12.3. The molecule has 0 aliphatic carbocycles. The fourth-order valence-corrected chi connectivity index (χ4v) is 2.41. The summed E-state index contributed by atoms with van der Waals surface area (Å²) < 4.78 is 0. The Labute approximate surface area is 148 Å². The van der Waals surface area contributed by atoms with E-state index < -0.39 is 0 Å². The summed E-state index contributed by atoms with van der Waals surface area (Å²) >= 11 is 0. The molecule has 4 bridgehead atoms. The minimum atomic E-state index is 0.763. The van der Waals surface area contributed by atoms with Crippen LogP contribution in [0.4, 0.5) is 5.82 Å². The first-order valence-corrected chi connectivity index (χ1v) is 8.53. The second kappa shape index (κ2) is 8.82. The summed E-state index contributed by atoms with van der Waals surface area (Å²) in [6, 6.07) is 11.7. The predicted molar refractivity (Wildman–Crippen MR) is 103 cm³/mol. The van der Waals surface area contributed by atoms with Gasteiger partial charge in [-0.15, -0.1) is 0 Å². The molecule has 0 fully saturated rings. The number of anilines is 1. The predicted octanol–water partition coefficient (Wildman–Crippen LogP) is 2.97. The minimum absolute atomic E-state index is 0.763. The van der Waals surface area contributed by atoms with Crippen LogP contribution in [-0.2, 0) is 0 Å². The maximum atomic E-state index is 4.57. The summed E-state index contributed by atoms with van der Waals surface area (Å²) in [5, 5.41) is 6.15. The second-order valence-corrected chi connectivity index (χ2v) is 5.81. The molecule has 2 aromatic rings. The minimum Gasteiger partial charge on any atom is -0.291 e. The van der Waals surface area contributed by atoms with Crippen molar-refractivity contribution in [3.63, 3.8) is 0 Å². The fourth-order valence-electron chi connectivity index (χ4n) is 2.41. The normalized spacial score (nSPS) is 16.9. The van der Waals surface area contributed by atoms with E-state index in [-0.39, 0.29) is 0 Å². The number of nitrogens with zero attached hydrogens (tertiary/aromatic N) is 6. The van der Waals surface area contributed by atoms with Crippen molar-refractivity contribution in [1.82, 2.24) is 9.97 Å². The van der Waals surface area contributed by atoms with Crippen molar-refractivity contribution in [2.75, 3.05) is 25.1 Å². The van der Waals surface area contributed by atoms with Crippen molar-refractivity contribution in [2.24, 2.45) is 15.1 Å². The highest BCUT2D eigenvalue weighted by Gasteiger charge is 2.01. The summed E-state index contributed by atoms with van der Waals surface area (Å²) in [4.78, 5) is 18.0. The molecular weight excluding hydrogens is 312 g/mol. The van der Waals surface area contributed by atoms with Crippen molar-refractivity contribution < 1.29 is 0 Å². The molecule has 0 saturated carbocycles. The molecule has 3 heterocycles. The van der Waals surface area contributed by atoms with Gasteiger partial charge in [-0.25, -0.2) is 9.97 Å². The highest BCUT2D eigenvalue weighted by Crippen LogP contribution is 2.09. The Morgan fingerprint density at radius 1 is 0.720 bits per heavy atom. The van der Waals surface area contributed by atoms with Crippen molar-refractivity contribution in [3.8, 4) is 0 Å². The molecule has 1 aliphatic heterocycles. The molecule has 0 radical (unpaired) electrons. The Kier molecular flexibility index (Phi) is 5.98. The summed E-state index contributed by atoms with van der Waals surface area (Å²) in [6.07, 6.45) is 8.62. The number of hydrogen-bond acceptors (Lipinski definition) is 6. The monoisotopic (exact) mass is 334 g/mol. The molecule has 0 spiro atoms. The molecule has 6 nitrogen and oxygen atoms in total. The molecular formula is C19H22N6. The van der Waals surface area contributed by atoms with Crippen molar-refractivity contribution >= 4 is 24.5 Å². The van der Waals surface area contributed by atoms with Crippen LogP contribution in [0.3, 0.4) is 0 Å². The third-order valence-electron chi connectivity index (χ3n) is 3.76. The molecule has 2 aromatic heterocycles. The molecule has 0 unspecified atom stereocenters. The molecule has 128 valence electrons. The molecule has 25 heavy (non-hydrogen) atoms. The number of hydrazone groups is 1. The van der Waals surface area contributed by atoms with Crippen LogP contribution in [0.1, 0.15) is 36.3 Å². The molecule has 0 amide bonds. The Hall–Kier alpha value is -2.89. The van der Waals surface area contributed by atoms with E-state index in [9.17, 15) is 0 Å². The maximum absolute atomic E-state index is 4.57. The van der Waals surface area contributed by atoms with E-state index in [0.717, 1.165) is 55.3 Å². The number of aliphatic imine (C=N–C) groups is 2. The average Bonchev–Trinajstić information content (AvgIpc) is 2.65. The van der Waals surface area contributed by atoms with Crippen LogP contribution >= 0.6 is 0 Å². The van der Waals surface area contributed by atoms with Crippen molar-refractivity contribution in [2.45, 2.75) is 19.3 Å². The molecule has 6 heteroatoms. The SMILES string of the molecule is CN1/N=C/c2cccc(n2)C=NCCCCCN=Cc2cccc1n2. The van der Waals surface area contributed by atoms with Crippen LogP contribution in [0.25, 0.3) is 0 Å². The third kappa shape index (κ3) is 5.31. The van der Waals surface area contributed by atoms with Crippen LogP contribution < -0.4 is 5.01 Å². The summed E-state index contributed by atoms with van der Waals surface area (Å²) in [5.74, 6) is 0.763. The smallest absolute Gasteiger partial charge is 0.149 e. The van der Waals surface area contributed by atoms with Gasteiger partial charge in [0.15, 0.2) is 0 Å². The van der Waals surface area contributed by atoms with Gasteiger partial charge in [0.2, 0.25) is 0 Å². The van der Waals surface area contributed by atoms with Gasteiger partial charge in [-0.3, -0.25) is 15.0 Å². The molecule has 0 aromatic carbocycles. The standard InChI is InChI=1S/C19H22N6/c1-25-19-10-6-9-17(24-19)14-21-12-4-2-3-11-20-13-16-7-5-8-18(23-16)15-22-25/h5-10,13-15H,2-4,11-12H2,1H3/b20-13?,21-14?,22-15+. The quantitative estimate of drug-likeness (QED) is 0.744. The lowest BCUT2D eigenvalue weighted by atomic mass is 10.2. The van der Waals surface area contributed by atoms with Gasteiger partial charge in [0.25, 0.3) is 0 Å². The van der Waals surface area contributed by atoms with E-state index in [4.69, 9.17) is 0 Å². The van der Waals surface area contributed by atoms with Gasteiger partial charge in [-0.2, -0.15) is 5.10 Å². The van der Waals surface area contributed by atoms with Crippen molar-refractivity contribution in [3.05, 3.63) is 53.5 Å². The Morgan fingerprint density at radius 2 is 1.32 bits per heavy atom. The largest absolute Gasteiger partial charge is 0.291 e. The van der Waals surface area contributed by atoms with Gasteiger partial charge in [0, 0.05) is 32.6 Å². The summed E-state index contributed by atoms with van der Waals surface area (Å²) in [5.41, 5.74) is 2.47. The van der Waals surface area contributed by atoms with E-state index in [1.54, 1.807) is 11.2 Å². The highest BCUT2D eigenvalue weighted by atomic mass is 15.5. The first-order valence-electron chi connectivity index (χ1n) is 8.53. The Balaban J connectivity index is 1.86. The topological polar surface area (TPSA) is 66.1 Å². The lowest BCUT2D eigenvalue weighted by Gasteiger charge is -2.11. The molecule has 0 N–H and O–H groups in total. The van der Waals surface area contributed by atoms with E-state index in [2.05, 4.69) is 25.1 Å². The summed E-state index contributed by atoms with van der Waals surface area (Å²) in [7, 11) is 1.86. The lowest BCUT2D eigenvalue weighted by molar-refractivity contribution is 0.698. The molecule has 0 atom stereocenters. The third-order valence-corrected chi connectivity index (χ3v) is 3.76. The second-order valence-electron chi connectivity index (χ2n) is 5.81. The van der Waals surface area contributed by atoms with E-state index in [1.165, 1.54) is 0 Å². The van der Waals surface area contributed by atoms with Crippen LogP contribution in [0.5, 0.6) is 0 Å². The number of aromatic nitrogens is 2. The van der Waals surface area contributed by atoms with Gasteiger partial charge < -0.3 is 0 Å². The number of fused-ring (bicyclic) bond motifs is 4. The number of hydrogen-bond donors (Lipinski definition) is 0. The van der Waals surface area contributed by atoms with Crippen LogP contribution in [0.2, 0.25) is 0 Å². The van der Waals surface area contributed by atoms with Crippen molar-refractivity contribution in [1.29, 1.82) is 0 Å². The fraction of sp³-hybridized carbons (Fsp3) is 0.316. The zero-order valence-corrected chi connectivity index (χ0v) is 14.4. The number of rotatable bonds is 0. The van der Waals surface area contributed by atoms with Gasteiger partial charge in [-0.05, 0) is 43.5 Å². The van der Waals surface area contributed by atoms with Gasteiger partial charge in [-0.1, -0.05) is 12.1 Å². The van der Waals surface area contributed by atoms with Crippen LogP contribution in [-0.4, -0.2) is 48.7 Å². The molecule has 1 aliphatic rings. The zero-order valence-electron chi connectivity index (χ0n) is 14.4. The zero-order chi connectivity index (χ0) is 17.3. The maximum Gasteiger partial charge on any atom is 0.149 e. The Morgan fingerprint density at radius 3 is 2.04 bits per heavy atom. The Bertz CT molecular complexity index is 781. The van der Waals surface area contributed by atoms with Crippen LogP contribution in [0.15, 0.2) is 51.5 Å². The van der Waals surface area contributed by atoms with E-state index in [1.807, 2.05) is 55.9 Å². The van der Waals surface area contributed by atoms with E-state index >= 15 is 0 Å². The van der Waals surface area contributed by atoms with E-state index in [0.29, 0.717) is 0 Å². The summed E-state index contributed by atoms with van der Waals surface area (Å²) in [6.45, 7) is 1.63.